The summed E-state index contributed by atoms with van der Waals surface area (Å²) in [6.45, 7) is 5.21. The molecule has 0 spiro atoms. The molecule has 1 N–H and O–H groups in total. The van der Waals surface area contributed by atoms with Gasteiger partial charge in [0.2, 0.25) is 0 Å². The molecular weight excluding hydrogens is 232 g/mol. The van der Waals surface area contributed by atoms with E-state index in [0.29, 0.717) is 19.2 Å². The Balaban J connectivity index is 2.62. The molecular formula is C13H20N2O3. The third-order valence-corrected chi connectivity index (χ3v) is 3.01. The molecule has 0 aliphatic carbocycles. The first kappa shape index (κ1) is 14.6. The minimum Gasteiger partial charge on any atom is -0.385 e. The molecule has 0 aromatic heterocycles. The van der Waals surface area contributed by atoms with Gasteiger partial charge < -0.3 is 10.1 Å². The Kier molecular flexibility index (Phi) is 5.74. The van der Waals surface area contributed by atoms with Crippen molar-refractivity contribution < 1.29 is 9.66 Å². The molecule has 0 saturated carbocycles. The number of hydrogen-bond donors (Lipinski definition) is 1. The molecule has 0 heterocycles. The van der Waals surface area contributed by atoms with Crippen LogP contribution in [0, 0.1) is 17.0 Å². The zero-order valence-corrected chi connectivity index (χ0v) is 11.1. The standard InChI is InChI=1S/C13H20N2O3/c1-10(7-8-18-3)14-9-12-5-4-6-13(11(12)2)15(16)17/h4-6,10,14H,7-9H2,1-3H3. The number of rotatable bonds is 7. The molecule has 1 atom stereocenters. The highest BCUT2D eigenvalue weighted by Crippen LogP contribution is 2.20. The van der Waals surface area contributed by atoms with E-state index in [0.717, 1.165) is 17.5 Å². The zero-order valence-electron chi connectivity index (χ0n) is 11.1. The van der Waals surface area contributed by atoms with Gasteiger partial charge in [0.25, 0.3) is 5.69 Å². The van der Waals surface area contributed by atoms with Crippen LogP contribution in [-0.4, -0.2) is 24.7 Å². The molecule has 0 aliphatic rings. The molecule has 0 aliphatic heterocycles. The monoisotopic (exact) mass is 252 g/mol. The van der Waals surface area contributed by atoms with E-state index in [1.807, 2.05) is 6.07 Å². The van der Waals surface area contributed by atoms with E-state index in [9.17, 15) is 10.1 Å². The van der Waals surface area contributed by atoms with Crippen LogP contribution >= 0.6 is 0 Å². The van der Waals surface area contributed by atoms with Crippen molar-refractivity contribution in [2.24, 2.45) is 0 Å². The zero-order chi connectivity index (χ0) is 13.5. The highest BCUT2D eigenvalue weighted by molar-refractivity contribution is 5.44. The lowest BCUT2D eigenvalue weighted by molar-refractivity contribution is -0.385. The molecule has 0 fully saturated rings. The molecule has 1 rings (SSSR count). The van der Waals surface area contributed by atoms with Crippen LogP contribution < -0.4 is 5.32 Å². The number of nitro benzene ring substituents is 1. The Morgan fingerprint density at radius 2 is 2.22 bits per heavy atom. The lowest BCUT2D eigenvalue weighted by Crippen LogP contribution is -2.27. The lowest BCUT2D eigenvalue weighted by Gasteiger charge is -2.14. The van der Waals surface area contributed by atoms with Crippen LogP contribution in [0.1, 0.15) is 24.5 Å². The van der Waals surface area contributed by atoms with E-state index in [2.05, 4.69) is 12.2 Å². The van der Waals surface area contributed by atoms with Crippen molar-refractivity contribution in [3.8, 4) is 0 Å². The lowest BCUT2D eigenvalue weighted by atomic mass is 10.1. The Morgan fingerprint density at radius 3 is 2.83 bits per heavy atom. The van der Waals surface area contributed by atoms with Gasteiger partial charge in [-0.1, -0.05) is 12.1 Å². The number of hydrogen-bond acceptors (Lipinski definition) is 4. The number of ether oxygens (including phenoxy) is 1. The summed E-state index contributed by atoms with van der Waals surface area (Å²) in [5.41, 5.74) is 1.88. The highest BCUT2D eigenvalue weighted by atomic mass is 16.6. The van der Waals surface area contributed by atoms with Gasteiger partial charge in [-0.05, 0) is 25.8 Å². The number of benzene rings is 1. The van der Waals surface area contributed by atoms with Gasteiger partial charge in [0.05, 0.1) is 4.92 Å². The third-order valence-electron chi connectivity index (χ3n) is 3.01. The van der Waals surface area contributed by atoms with Crippen molar-refractivity contribution in [3.05, 3.63) is 39.4 Å². The maximum absolute atomic E-state index is 10.8. The molecule has 1 aromatic carbocycles. The second kappa shape index (κ2) is 7.08. The first-order valence-corrected chi connectivity index (χ1v) is 6.01. The van der Waals surface area contributed by atoms with Crippen molar-refractivity contribution in [2.75, 3.05) is 13.7 Å². The Hall–Kier alpha value is -1.46. The van der Waals surface area contributed by atoms with E-state index < -0.39 is 0 Å². The Bertz CT molecular complexity index is 407. The smallest absolute Gasteiger partial charge is 0.272 e. The van der Waals surface area contributed by atoms with E-state index >= 15 is 0 Å². The first-order chi connectivity index (χ1) is 8.56. The van der Waals surface area contributed by atoms with Crippen LogP contribution in [0.2, 0.25) is 0 Å². The van der Waals surface area contributed by atoms with Crippen LogP contribution in [0.25, 0.3) is 0 Å². The van der Waals surface area contributed by atoms with E-state index in [1.165, 1.54) is 6.07 Å². The van der Waals surface area contributed by atoms with E-state index in [-0.39, 0.29) is 10.6 Å². The van der Waals surface area contributed by atoms with Crippen LogP contribution in [0.4, 0.5) is 5.69 Å². The van der Waals surface area contributed by atoms with Crippen LogP contribution in [0.5, 0.6) is 0 Å². The second-order valence-corrected chi connectivity index (χ2v) is 4.38. The van der Waals surface area contributed by atoms with Crippen LogP contribution in [0.15, 0.2) is 18.2 Å². The minimum absolute atomic E-state index is 0.179. The fraction of sp³-hybridized carbons (Fsp3) is 0.538. The fourth-order valence-corrected chi connectivity index (χ4v) is 1.74. The number of methoxy groups -OCH3 is 1. The van der Waals surface area contributed by atoms with Gasteiger partial charge >= 0.3 is 0 Å². The summed E-state index contributed by atoms with van der Waals surface area (Å²) in [4.78, 5) is 10.5. The Morgan fingerprint density at radius 1 is 1.50 bits per heavy atom. The van der Waals surface area contributed by atoms with Gasteiger partial charge in [-0.2, -0.15) is 0 Å². The molecule has 5 heteroatoms. The highest BCUT2D eigenvalue weighted by Gasteiger charge is 2.13. The Labute approximate surface area is 107 Å². The normalized spacial score (nSPS) is 12.4. The molecule has 100 valence electrons. The molecule has 0 amide bonds. The van der Waals surface area contributed by atoms with E-state index in [1.54, 1.807) is 20.1 Å². The first-order valence-electron chi connectivity index (χ1n) is 6.01. The average molecular weight is 252 g/mol. The van der Waals surface area contributed by atoms with Crippen molar-refractivity contribution in [3.63, 3.8) is 0 Å². The molecule has 1 unspecified atom stereocenters. The molecule has 0 bridgehead atoms. The second-order valence-electron chi connectivity index (χ2n) is 4.38. The van der Waals surface area contributed by atoms with Gasteiger partial charge in [0.15, 0.2) is 0 Å². The topological polar surface area (TPSA) is 64.4 Å². The summed E-state index contributed by atoms with van der Waals surface area (Å²) in [6, 6.07) is 5.50. The summed E-state index contributed by atoms with van der Waals surface area (Å²) >= 11 is 0. The van der Waals surface area contributed by atoms with Crippen molar-refractivity contribution in [2.45, 2.75) is 32.9 Å². The van der Waals surface area contributed by atoms with Gasteiger partial charge in [0.1, 0.15) is 0 Å². The average Bonchev–Trinajstić information content (AvgIpc) is 2.34. The van der Waals surface area contributed by atoms with E-state index in [4.69, 9.17) is 4.74 Å². The maximum Gasteiger partial charge on any atom is 0.272 e. The van der Waals surface area contributed by atoms with Gasteiger partial charge in [-0.3, -0.25) is 10.1 Å². The molecule has 0 radical (unpaired) electrons. The summed E-state index contributed by atoms with van der Waals surface area (Å²) in [7, 11) is 1.68. The number of nitrogens with one attached hydrogen (secondary N) is 1. The molecule has 0 saturated heterocycles. The van der Waals surface area contributed by atoms with Crippen LogP contribution in [-0.2, 0) is 11.3 Å². The predicted molar refractivity (Wildman–Crippen MR) is 70.6 cm³/mol. The van der Waals surface area contributed by atoms with Gasteiger partial charge in [-0.15, -0.1) is 0 Å². The predicted octanol–water partition coefficient (Wildman–Crippen LogP) is 2.42. The van der Waals surface area contributed by atoms with Gasteiger partial charge in [-0.25, -0.2) is 0 Å². The third kappa shape index (κ3) is 4.09. The summed E-state index contributed by atoms with van der Waals surface area (Å²) in [5, 5.41) is 14.2. The summed E-state index contributed by atoms with van der Waals surface area (Å²) in [6.07, 6.45) is 0.921. The quantitative estimate of drug-likeness (QED) is 0.598. The summed E-state index contributed by atoms with van der Waals surface area (Å²) < 4.78 is 5.01. The fourth-order valence-electron chi connectivity index (χ4n) is 1.74. The largest absolute Gasteiger partial charge is 0.385 e. The van der Waals surface area contributed by atoms with Crippen LogP contribution in [0.3, 0.4) is 0 Å². The number of nitro groups is 1. The minimum atomic E-state index is -0.340. The van der Waals surface area contributed by atoms with Crippen molar-refractivity contribution >= 4 is 5.69 Å². The van der Waals surface area contributed by atoms with Crippen molar-refractivity contribution in [1.82, 2.24) is 5.32 Å². The van der Waals surface area contributed by atoms with Crippen molar-refractivity contribution in [1.29, 1.82) is 0 Å². The number of nitrogens with zero attached hydrogens (tertiary/aromatic N) is 1. The molecule has 18 heavy (non-hydrogen) atoms. The van der Waals surface area contributed by atoms with Gasteiger partial charge in [0, 0.05) is 37.9 Å². The molecule has 1 aromatic rings. The SMILES string of the molecule is COCCC(C)NCc1cccc([N+](=O)[O-])c1C. The maximum atomic E-state index is 10.8. The summed E-state index contributed by atoms with van der Waals surface area (Å²) in [5.74, 6) is 0. The molecule has 5 nitrogen and oxygen atoms in total.